The summed E-state index contributed by atoms with van der Waals surface area (Å²) < 4.78 is 57.8. The molecule has 0 aliphatic carbocycles. The number of halogens is 2. The molecule has 3 atom stereocenters. The lowest BCUT2D eigenvalue weighted by molar-refractivity contribution is 0.415. The summed E-state index contributed by atoms with van der Waals surface area (Å²) in [4.78, 5) is 37.2. The Hall–Kier alpha value is -4.24. The molecule has 0 aliphatic heterocycles. The van der Waals surface area contributed by atoms with Crippen LogP contribution in [0.15, 0.2) is 96.2 Å². The topological polar surface area (TPSA) is 126 Å². The Morgan fingerprint density at radius 1 is 0.623 bits per heavy atom. The number of ether oxygens (including phenoxy) is 1. The largest absolute Gasteiger partial charge is 0.495 e. The standard InChI is InChI=1S/C15H19NO2S.C12H12ClNO3S.C11H10FNO2S/c1-15(2,3)10-6-7-11-12(8-10)16(4)9-13(14(11)17)19(5)18;1-14-6-11(18(3)16)12(15)7-4-10(17-2)8(13)5-9(7)14;1-13-6-10(16(2)15)11(14)8-4-3-7(12)5-9(8)13/h6-9H,1-5H3;4-6H,1-3H3;3-6H,1-2H3. The van der Waals surface area contributed by atoms with Gasteiger partial charge >= 0.3 is 0 Å². The van der Waals surface area contributed by atoms with Crippen LogP contribution in [0.2, 0.25) is 5.02 Å². The van der Waals surface area contributed by atoms with Crippen molar-refractivity contribution in [1.29, 1.82) is 0 Å². The van der Waals surface area contributed by atoms with Crippen molar-refractivity contribution in [3.05, 3.63) is 114 Å². The Morgan fingerprint density at radius 2 is 1.02 bits per heavy atom. The van der Waals surface area contributed by atoms with Crippen LogP contribution in [0, 0.1) is 5.82 Å². The van der Waals surface area contributed by atoms with E-state index in [2.05, 4.69) is 20.8 Å². The predicted octanol–water partition coefficient (Wildman–Crippen LogP) is 5.93. The Bertz CT molecular complexity index is 2660. The molecule has 0 bridgehead atoms. The molecular weight excluding hydrogens is 761 g/mol. The molecule has 3 heterocycles. The van der Waals surface area contributed by atoms with Gasteiger partial charge < -0.3 is 18.4 Å². The first-order valence-electron chi connectivity index (χ1n) is 16.0. The highest BCUT2D eigenvalue weighted by molar-refractivity contribution is 7.84. The van der Waals surface area contributed by atoms with Crippen molar-refractivity contribution in [2.45, 2.75) is 40.9 Å². The van der Waals surface area contributed by atoms with Gasteiger partial charge in [-0.25, -0.2) is 4.39 Å². The molecule has 0 spiro atoms. The SMILES string of the molecule is COc1cc2c(=O)c(S(C)=O)cn(C)c2cc1Cl.Cn1cc(S(C)=O)c(=O)c2ccc(C(C)(C)C)cc21.Cn1cc(S(C)=O)c(=O)c2ccc(F)cc21. The Kier molecular flexibility index (Phi) is 12.9. The number of hydrogen-bond acceptors (Lipinski definition) is 7. The maximum Gasteiger partial charge on any atom is 0.205 e. The number of aromatic nitrogens is 3. The zero-order valence-electron chi connectivity index (χ0n) is 31.0. The number of pyridine rings is 3. The van der Waals surface area contributed by atoms with Crippen molar-refractivity contribution in [1.82, 2.24) is 13.7 Å². The number of fused-ring (bicyclic) bond motifs is 3. The van der Waals surface area contributed by atoms with Gasteiger partial charge in [-0.3, -0.25) is 27.0 Å². The lowest BCUT2D eigenvalue weighted by Gasteiger charge is -2.20. The Labute approximate surface area is 318 Å². The van der Waals surface area contributed by atoms with Crippen LogP contribution < -0.4 is 21.0 Å². The van der Waals surface area contributed by atoms with Crippen LogP contribution in [0.25, 0.3) is 32.7 Å². The lowest BCUT2D eigenvalue weighted by Crippen LogP contribution is -2.16. The quantitative estimate of drug-likeness (QED) is 0.217. The van der Waals surface area contributed by atoms with E-state index in [0.29, 0.717) is 42.9 Å². The maximum atomic E-state index is 13.0. The number of hydrogen-bond donors (Lipinski definition) is 0. The maximum absolute atomic E-state index is 13.0. The molecule has 3 unspecified atom stereocenters. The molecule has 0 amide bonds. The van der Waals surface area contributed by atoms with E-state index in [4.69, 9.17) is 16.3 Å². The van der Waals surface area contributed by atoms with Crippen LogP contribution >= 0.6 is 11.6 Å². The smallest absolute Gasteiger partial charge is 0.205 e. The highest BCUT2D eigenvalue weighted by Gasteiger charge is 2.17. The second-order valence-electron chi connectivity index (χ2n) is 13.3. The van der Waals surface area contributed by atoms with E-state index < -0.39 is 38.2 Å². The average molecular weight is 802 g/mol. The van der Waals surface area contributed by atoms with Gasteiger partial charge in [-0.2, -0.15) is 0 Å². The molecule has 15 heteroatoms. The minimum Gasteiger partial charge on any atom is -0.495 e. The van der Waals surface area contributed by atoms with E-state index in [1.54, 1.807) is 47.8 Å². The van der Waals surface area contributed by atoms with Gasteiger partial charge in [-0.15, -0.1) is 0 Å². The number of methoxy groups -OCH3 is 1. The van der Waals surface area contributed by atoms with Crippen LogP contribution in [0.5, 0.6) is 5.75 Å². The predicted molar refractivity (Wildman–Crippen MR) is 215 cm³/mol. The first-order valence-corrected chi connectivity index (χ1v) is 21.0. The van der Waals surface area contributed by atoms with Gasteiger partial charge in [0.15, 0.2) is 0 Å². The zero-order chi connectivity index (χ0) is 39.7. The number of benzene rings is 3. The van der Waals surface area contributed by atoms with E-state index in [1.165, 1.54) is 55.8 Å². The second-order valence-corrected chi connectivity index (χ2v) is 17.8. The Morgan fingerprint density at radius 3 is 1.43 bits per heavy atom. The molecule has 282 valence electrons. The third kappa shape index (κ3) is 8.94. The Balaban J connectivity index is 0.000000178. The molecule has 0 fully saturated rings. The summed E-state index contributed by atoms with van der Waals surface area (Å²) in [5.41, 5.74) is 2.60. The third-order valence-corrected chi connectivity index (χ3v) is 11.5. The lowest BCUT2D eigenvalue weighted by atomic mass is 9.86. The first kappa shape index (κ1) is 41.5. The highest BCUT2D eigenvalue weighted by Crippen LogP contribution is 2.29. The molecule has 3 aromatic heterocycles. The fourth-order valence-electron chi connectivity index (χ4n) is 5.57. The molecule has 3 aromatic carbocycles. The van der Waals surface area contributed by atoms with Gasteiger partial charge in [0.05, 0.1) is 66.5 Å². The van der Waals surface area contributed by atoms with Crippen molar-refractivity contribution in [3.63, 3.8) is 0 Å². The zero-order valence-corrected chi connectivity index (χ0v) is 34.2. The molecular formula is C38H41ClFN3O7S3. The summed E-state index contributed by atoms with van der Waals surface area (Å²) in [6.45, 7) is 6.42. The summed E-state index contributed by atoms with van der Waals surface area (Å²) >= 11 is 6.03. The third-order valence-electron chi connectivity index (χ3n) is 8.50. The van der Waals surface area contributed by atoms with E-state index in [-0.39, 0.29) is 31.5 Å². The van der Waals surface area contributed by atoms with Gasteiger partial charge in [0, 0.05) is 69.3 Å². The fourth-order valence-corrected chi connectivity index (χ4v) is 7.84. The molecule has 6 rings (SSSR count). The molecule has 6 aromatic rings. The minimum atomic E-state index is -1.34. The number of rotatable bonds is 4. The molecule has 0 radical (unpaired) electrons. The number of nitrogens with zero attached hydrogens (tertiary/aromatic N) is 3. The van der Waals surface area contributed by atoms with Crippen molar-refractivity contribution in [2.75, 3.05) is 25.9 Å². The van der Waals surface area contributed by atoms with Crippen molar-refractivity contribution in [3.8, 4) is 5.75 Å². The fraction of sp³-hybridized carbons (Fsp3) is 0.289. The summed E-state index contributed by atoms with van der Waals surface area (Å²) in [6.07, 6.45) is 9.20. The average Bonchev–Trinajstić information content (AvgIpc) is 3.09. The minimum absolute atomic E-state index is 0.0382. The summed E-state index contributed by atoms with van der Waals surface area (Å²) in [6, 6.07) is 13.0. The van der Waals surface area contributed by atoms with Gasteiger partial charge in [-0.1, -0.05) is 38.4 Å². The van der Waals surface area contributed by atoms with Gasteiger partial charge in [0.1, 0.15) is 26.3 Å². The normalized spacial score (nSPS) is 13.1. The molecule has 10 nitrogen and oxygen atoms in total. The van der Waals surface area contributed by atoms with Crippen LogP contribution in [0.1, 0.15) is 26.3 Å². The highest BCUT2D eigenvalue weighted by atomic mass is 35.5. The molecule has 0 aliphatic rings. The van der Waals surface area contributed by atoms with E-state index in [9.17, 15) is 31.4 Å². The first-order chi connectivity index (χ1) is 24.7. The van der Waals surface area contributed by atoms with Crippen molar-refractivity contribution in [2.24, 2.45) is 21.1 Å². The summed E-state index contributed by atoms with van der Waals surface area (Å²) in [5, 5.41) is 1.90. The molecule has 0 N–H and O–H groups in total. The molecule has 0 saturated heterocycles. The molecule has 0 saturated carbocycles. The number of aryl methyl sites for hydroxylation is 3. The van der Waals surface area contributed by atoms with Crippen LogP contribution in [-0.4, -0.2) is 52.2 Å². The monoisotopic (exact) mass is 801 g/mol. The summed E-state index contributed by atoms with van der Waals surface area (Å²) in [7, 11) is 2.91. The summed E-state index contributed by atoms with van der Waals surface area (Å²) in [5.74, 6) is 0.0353. The van der Waals surface area contributed by atoms with E-state index in [0.717, 1.165) is 5.52 Å². The van der Waals surface area contributed by atoms with E-state index in [1.807, 2.05) is 29.8 Å². The van der Waals surface area contributed by atoms with Crippen LogP contribution in [-0.2, 0) is 59.0 Å². The van der Waals surface area contributed by atoms with Gasteiger partial charge in [-0.05, 0) is 53.4 Å². The van der Waals surface area contributed by atoms with Crippen LogP contribution in [0.3, 0.4) is 0 Å². The second kappa shape index (κ2) is 16.4. The van der Waals surface area contributed by atoms with Crippen LogP contribution in [0.4, 0.5) is 4.39 Å². The van der Waals surface area contributed by atoms with Gasteiger partial charge in [0.25, 0.3) is 0 Å². The van der Waals surface area contributed by atoms with Gasteiger partial charge in [0.2, 0.25) is 16.3 Å². The van der Waals surface area contributed by atoms with Crippen molar-refractivity contribution >= 4 is 76.7 Å². The van der Waals surface area contributed by atoms with Crippen molar-refractivity contribution < 1.29 is 21.8 Å². The molecule has 53 heavy (non-hydrogen) atoms. The van der Waals surface area contributed by atoms with E-state index >= 15 is 0 Å².